The van der Waals surface area contributed by atoms with Gasteiger partial charge in [-0.3, -0.25) is 0 Å². The third-order valence-corrected chi connectivity index (χ3v) is 4.35. The monoisotopic (exact) mass is 341 g/mol. The predicted molar refractivity (Wildman–Crippen MR) is 83.0 cm³/mol. The average Bonchev–Trinajstić information content (AvgIpc) is 2.39. The van der Waals surface area contributed by atoms with Gasteiger partial charge >= 0.3 is 11.9 Å². The molecule has 1 aliphatic rings. The molecule has 0 saturated heterocycles. The zero-order chi connectivity index (χ0) is 16.6. The SMILES string of the molecule is CC1=C(C(=O)O)C(c2cccc(Cl)c2Cl)C(C(=O)O)=C(C)N1. The van der Waals surface area contributed by atoms with Crippen molar-refractivity contribution < 1.29 is 19.8 Å². The van der Waals surface area contributed by atoms with E-state index in [1.54, 1.807) is 32.0 Å². The fraction of sp³-hybridized carbons (Fsp3) is 0.200. The lowest BCUT2D eigenvalue weighted by atomic mass is 9.80. The van der Waals surface area contributed by atoms with Crippen molar-refractivity contribution in [3.05, 3.63) is 56.3 Å². The number of carbonyl (C=O) groups is 2. The van der Waals surface area contributed by atoms with Crippen LogP contribution in [0.3, 0.4) is 0 Å². The van der Waals surface area contributed by atoms with E-state index in [0.29, 0.717) is 17.0 Å². The van der Waals surface area contributed by atoms with Crippen LogP contribution in [-0.4, -0.2) is 22.2 Å². The second-order valence-corrected chi connectivity index (χ2v) is 5.67. The van der Waals surface area contributed by atoms with Crippen molar-refractivity contribution in [3.63, 3.8) is 0 Å². The minimum Gasteiger partial charge on any atom is -0.478 e. The van der Waals surface area contributed by atoms with E-state index >= 15 is 0 Å². The van der Waals surface area contributed by atoms with Crippen LogP contribution in [0, 0.1) is 0 Å². The van der Waals surface area contributed by atoms with E-state index in [9.17, 15) is 19.8 Å². The predicted octanol–water partition coefficient (Wildman–Crippen LogP) is 3.40. The van der Waals surface area contributed by atoms with Gasteiger partial charge in [0.25, 0.3) is 0 Å². The Labute approximate surface area is 136 Å². The van der Waals surface area contributed by atoms with E-state index in [4.69, 9.17) is 23.2 Å². The lowest BCUT2D eigenvalue weighted by Crippen LogP contribution is -2.31. The normalized spacial score (nSPS) is 15.8. The van der Waals surface area contributed by atoms with Crippen LogP contribution >= 0.6 is 23.2 Å². The summed E-state index contributed by atoms with van der Waals surface area (Å²) in [5.41, 5.74) is 0.968. The van der Waals surface area contributed by atoms with E-state index in [2.05, 4.69) is 5.32 Å². The lowest BCUT2D eigenvalue weighted by molar-refractivity contribution is -0.133. The van der Waals surface area contributed by atoms with Gasteiger partial charge in [-0.15, -0.1) is 0 Å². The molecule has 0 spiro atoms. The zero-order valence-electron chi connectivity index (χ0n) is 11.8. The molecule has 0 aromatic heterocycles. The second kappa shape index (κ2) is 6.02. The fourth-order valence-electron chi connectivity index (χ4n) is 2.62. The quantitative estimate of drug-likeness (QED) is 0.784. The standard InChI is InChI=1S/C15H13Cl2NO4/c1-6-10(14(19)20)12(11(15(21)22)7(2)18-6)8-4-3-5-9(16)13(8)17/h3-5,12,18H,1-2H3,(H,19,20)(H,21,22). The van der Waals surface area contributed by atoms with E-state index < -0.39 is 17.9 Å². The average molecular weight is 342 g/mol. The Morgan fingerprint density at radius 2 is 1.55 bits per heavy atom. The summed E-state index contributed by atoms with van der Waals surface area (Å²) in [5.74, 6) is -3.42. The molecule has 5 nitrogen and oxygen atoms in total. The van der Waals surface area contributed by atoms with Crippen LogP contribution in [0.25, 0.3) is 0 Å². The third kappa shape index (κ3) is 2.69. The molecule has 0 radical (unpaired) electrons. The molecule has 3 N–H and O–H groups in total. The molecule has 116 valence electrons. The number of halogens is 2. The van der Waals surface area contributed by atoms with Gasteiger partial charge in [0, 0.05) is 11.4 Å². The van der Waals surface area contributed by atoms with Gasteiger partial charge in [-0.25, -0.2) is 9.59 Å². The van der Waals surface area contributed by atoms with Crippen molar-refractivity contribution in [1.29, 1.82) is 0 Å². The Balaban J connectivity index is 2.78. The molecule has 0 bridgehead atoms. The Bertz CT molecular complexity index is 701. The van der Waals surface area contributed by atoms with Crippen LogP contribution in [0.4, 0.5) is 0 Å². The molecule has 0 fully saturated rings. The van der Waals surface area contributed by atoms with Crippen molar-refractivity contribution >= 4 is 35.1 Å². The number of nitrogens with one attached hydrogen (secondary N) is 1. The smallest absolute Gasteiger partial charge is 0.334 e. The summed E-state index contributed by atoms with van der Waals surface area (Å²) in [6.07, 6.45) is 0. The maximum atomic E-state index is 11.6. The van der Waals surface area contributed by atoms with Crippen LogP contribution < -0.4 is 5.32 Å². The van der Waals surface area contributed by atoms with Gasteiger partial charge in [-0.05, 0) is 25.5 Å². The number of dihydropyridines is 1. The number of benzene rings is 1. The summed E-state index contributed by atoms with van der Waals surface area (Å²) in [6.45, 7) is 3.16. The van der Waals surface area contributed by atoms with Crippen molar-refractivity contribution in [2.45, 2.75) is 19.8 Å². The van der Waals surface area contributed by atoms with Crippen molar-refractivity contribution in [2.75, 3.05) is 0 Å². The molecule has 0 saturated carbocycles. The Kier molecular flexibility index (Phi) is 4.49. The summed E-state index contributed by atoms with van der Waals surface area (Å²) in [5, 5.41) is 22.2. The van der Waals surface area contributed by atoms with Gasteiger partial charge in [0.15, 0.2) is 0 Å². The van der Waals surface area contributed by atoms with Gasteiger partial charge < -0.3 is 15.5 Å². The summed E-state index contributed by atoms with van der Waals surface area (Å²) in [4.78, 5) is 23.3. The summed E-state index contributed by atoms with van der Waals surface area (Å²) < 4.78 is 0. The van der Waals surface area contributed by atoms with Crippen molar-refractivity contribution in [1.82, 2.24) is 5.32 Å². The summed E-state index contributed by atoms with van der Waals surface area (Å²) in [6, 6.07) is 4.74. The Morgan fingerprint density at radius 1 is 1.05 bits per heavy atom. The highest BCUT2D eigenvalue weighted by atomic mass is 35.5. The minimum absolute atomic E-state index is 0.0628. The maximum absolute atomic E-state index is 11.6. The molecule has 1 aromatic carbocycles. The van der Waals surface area contributed by atoms with Gasteiger partial charge in [-0.1, -0.05) is 35.3 Å². The van der Waals surface area contributed by atoms with Crippen LogP contribution in [0.2, 0.25) is 10.0 Å². The Morgan fingerprint density at radius 3 is 2.00 bits per heavy atom. The lowest BCUT2D eigenvalue weighted by Gasteiger charge is -2.29. The zero-order valence-corrected chi connectivity index (χ0v) is 13.3. The number of hydrogen-bond donors (Lipinski definition) is 3. The van der Waals surface area contributed by atoms with Crippen LogP contribution in [0.1, 0.15) is 25.3 Å². The molecule has 0 atom stereocenters. The maximum Gasteiger partial charge on any atom is 0.334 e. The van der Waals surface area contributed by atoms with E-state index in [1.807, 2.05) is 0 Å². The van der Waals surface area contributed by atoms with Gasteiger partial charge in [0.1, 0.15) is 0 Å². The molecule has 2 rings (SSSR count). The number of aliphatic carboxylic acids is 2. The number of carboxylic acids is 2. The highest BCUT2D eigenvalue weighted by Gasteiger charge is 2.37. The number of allylic oxidation sites excluding steroid dienone is 2. The van der Waals surface area contributed by atoms with Crippen molar-refractivity contribution in [3.8, 4) is 0 Å². The van der Waals surface area contributed by atoms with E-state index in [0.717, 1.165) is 0 Å². The van der Waals surface area contributed by atoms with Crippen LogP contribution in [0.5, 0.6) is 0 Å². The van der Waals surface area contributed by atoms with Crippen molar-refractivity contribution in [2.24, 2.45) is 0 Å². The highest BCUT2D eigenvalue weighted by Crippen LogP contribution is 2.42. The molecular weight excluding hydrogens is 329 g/mol. The Hall–Kier alpha value is -1.98. The number of hydrogen-bond acceptors (Lipinski definition) is 3. The molecule has 7 heteroatoms. The van der Waals surface area contributed by atoms with Gasteiger partial charge in [0.05, 0.1) is 27.1 Å². The fourth-order valence-corrected chi connectivity index (χ4v) is 3.03. The largest absolute Gasteiger partial charge is 0.478 e. The molecule has 1 heterocycles. The van der Waals surface area contributed by atoms with E-state index in [-0.39, 0.29) is 21.2 Å². The third-order valence-electron chi connectivity index (χ3n) is 3.51. The highest BCUT2D eigenvalue weighted by molar-refractivity contribution is 6.42. The molecule has 1 aliphatic heterocycles. The van der Waals surface area contributed by atoms with Crippen LogP contribution in [0.15, 0.2) is 40.7 Å². The second-order valence-electron chi connectivity index (χ2n) is 4.89. The van der Waals surface area contributed by atoms with Crippen LogP contribution in [-0.2, 0) is 9.59 Å². The first-order valence-electron chi connectivity index (χ1n) is 6.34. The van der Waals surface area contributed by atoms with Gasteiger partial charge in [-0.2, -0.15) is 0 Å². The first-order chi connectivity index (χ1) is 10.3. The first-order valence-corrected chi connectivity index (χ1v) is 7.10. The first kappa shape index (κ1) is 16.4. The van der Waals surface area contributed by atoms with Gasteiger partial charge in [0.2, 0.25) is 0 Å². The number of rotatable bonds is 3. The summed E-state index contributed by atoms with van der Waals surface area (Å²) >= 11 is 12.2. The molecular formula is C15H13Cl2NO4. The minimum atomic E-state index is -1.21. The molecule has 22 heavy (non-hydrogen) atoms. The number of carboxylic acid groups (broad SMARTS) is 2. The topological polar surface area (TPSA) is 86.6 Å². The molecule has 0 amide bonds. The molecule has 0 aliphatic carbocycles. The molecule has 0 unspecified atom stereocenters. The molecule has 1 aromatic rings. The summed E-state index contributed by atoms with van der Waals surface area (Å²) in [7, 11) is 0. The van der Waals surface area contributed by atoms with E-state index in [1.165, 1.54) is 0 Å².